The van der Waals surface area contributed by atoms with Crippen LogP contribution in [-0.4, -0.2) is 41.1 Å². The van der Waals surface area contributed by atoms with Crippen molar-refractivity contribution < 1.29 is 14.7 Å². The smallest absolute Gasteiger partial charge is 0.326 e. The van der Waals surface area contributed by atoms with Crippen molar-refractivity contribution in [3.05, 3.63) is 0 Å². The molecule has 1 heterocycles. The molecule has 0 saturated carbocycles. The zero-order valence-electron chi connectivity index (χ0n) is 12.2. The Hall–Kier alpha value is -1.26. The number of carbonyl (C=O) groups is 2. The summed E-state index contributed by atoms with van der Waals surface area (Å²) in [4.78, 5) is 24.7. The Morgan fingerprint density at radius 3 is 2.53 bits per heavy atom. The molecular formula is C14H26N2O3. The zero-order valence-corrected chi connectivity index (χ0v) is 12.2. The number of nitrogens with zero attached hydrogens (tertiary/aromatic N) is 1. The number of carbonyl (C=O) groups excluding carboxylic acids is 1. The summed E-state index contributed by atoms with van der Waals surface area (Å²) in [6.07, 6.45) is 3.57. The molecule has 0 spiro atoms. The Labute approximate surface area is 115 Å². The van der Waals surface area contributed by atoms with Crippen molar-refractivity contribution in [1.82, 2.24) is 10.2 Å². The van der Waals surface area contributed by atoms with Gasteiger partial charge in [0.1, 0.15) is 6.04 Å². The van der Waals surface area contributed by atoms with E-state index in [0.717, 1.165) is 32.4 Å². The van der Waals surface area contributed by atoms with E-state index in [1.54, 1.807) is 11.8 Å². The van der Waals surface area contributed by atoms with E-state index in [-0.39, 0.29) is 6.03 Å². The molecule has 5 heteroatoms. The first-order valence-electron chi connectivity index (χ1n) is 7.24. The van der Waals surface area contributed by atoms with Crippen molar-refractivity contribution in [2.75, 3.05) is 13.1 Å². The van der Waals surface area contributed by atoms with Crippen molar-refractivity contribution in [3.63, 3.8) is 0 Å². The number of rotatable bonds is 4. The van der Waals surface area contributed by atoms with Crippen molar-refractivity contribution in [1.29, 1.82) is 0 Å². The van der Waals surface area contributed by atoms with Crippen LogP contribution >= 0.6 is 0 Å². The van der Waals surface area contributed by atoms with Crippen LogP contribution < -0.4 is 5.32 Å². The lowest BCUT2D eigenvalue weighted by molar-refractivity contribution is -0.139. The van der Waals surface area contributed by atoms with Crippen LogP contribution in [0.25, 0.3) is 0 Å². The predicted molar refractivity (Wildman–Crippen MR) is 74.0 cm³/mol. The number of carboxylic acids is 1. The molecule has 0 aliphatic carbocycles. The molecule has 0 bridgehead atoms. The van der Waals surface area contributed by atoms with Gasteiger partial charge in [-0.05, 0) is 37.5 Å². The molecule has 0 aromatic heterocycles. The molecular weight excluding hydrogens is 244 g/mol. The minimum absolute atomic E-state index is 0.237. The fourth-order valence-corrected chi connectivity index (χ4v) is 2.57. The van der Waals surface area contributed by atoms with Gasteiger partial charge in [0.25, 0.3) is 0 Å². The van der Waals surface area contributed by atoms with Crippen LogP contribution in [0, 0.1) is 11.8 Å². The number of hydrogen-bond donors (Lipinski definition) is 2. The van der Waals surface area contributed by atoms with Gasteiger partial charge in [0, 0.05) is 13.1 Å². The highest BCUT2D eigenvalue weighted by Gasteiger charge is 2.25. The molecule has 110 valence electrons. The topological polar surface area (TPSA) is 69.6 Å². The first-order chi connectivity index (χ1) is 8.95. The monoisotopic (exact) mass is 270 g/mol. The summed E-state index contributed by atoms with van der Waals surface area (Å²) in [6.45, 7) is 7.65. The fraction of sp³-hybridized carbons (Fsp3) is 0.857. The highest BCUT2D eigenvalue weighted by Crippen LogP contribution is 2.24. The maximum Gasteiger partial charge on any atom is 0.326 e. The van der Waals surface area contributed by atoms with Crippen molar-refractivity contribution in [2.45, 2.75) is 52.5 Å². The molecule has 1 rings (SSSR count). The van der Waals surface area contributed by atoms with Crippen molar-refractivity contribution in [3.8, 4) is 0 Å². The van der Waals surface area contributed by atoms with E-state index >= 15 is 0 Å². The minimum atomic E-state index is -0.967. The maximum absolute atomic E-state index is 12.1. The number of nitrogens with one attached hydrogen (secondary N) is 1. The van der Waals surface area contributed by atoms with Gasteiger partial charge in [-0.1, -0.05) is 20.8 Å². The summed E-state index contributed by atoms with van der Waals surface area (Å²) < 4.78 is 0. The highest BCUT2D eigenvalue weighted by molar-refractivity contribution is 5.82. The number of carboxylic acid groups (broad SMARTS) is 1. The summed E-state index contributed by atoms with van der Waals surface area (Å²) >= 11 is 0. The molecule has 5 nitrogen and oxygen atoms in total. The molecule has 1 aliphatic heterocycles. The van der Waals surface area contributed by atoms with Gasteiger partial charge in [0.2, 0.25) is 0 Å². The molecule has 2 unspecified atom stereocenters. The molecule has 19 heavy (non-hydrogen) atoms. The second kappa shape index (κ2) is 7.36. The third-order valence-corrected chi connectivity index (χ3v) is 4.01. The first-order valence-corrected chi connectivity index (χ1v) is 7.24. The Morgan fingerprint density at radius 1 is 1.32 bits per heavy atom. The third-order valence-electron chi connectivity index (χ3n) is 4.01. The Bertz CT molecular complexity index is 318. The molecule has 1 saturated heterocycles. The first kappa shape index (κ1) is 15.8. The van der Waals surface area contributed by atoms with E-state index in [1.165, 1.54) is 0 Å². The van der Waals surface area contributed by atoms with Crippen LogP contribution in [0.1, 0.15) is 46.5 Å². The van der Waals surface area contributed by atoms with Crippen LogP contribution in [0.5, 0.6) is 0 Å². The average molecular weight is 270 g/mol. The predicted octanol–water partition coefficient (Wildman–Crippen LogP) is 2.32. The average Bonchev–Trinajstić information content (AvgIpc) is 2.60. The van der Waals surface area contributed by atoms with Gasteiger partial charge in [0.15, 0.2) is 0 Å². The second-order valence-corrected chi connectivity index (χ2v) is 5.67. The quantitative estimate of drug-likeness (QED) is 0.823. The van der Waals surface area contributed by atoms with Crippen LogP contribution in [0.15, 0.2) is 0 Å². The molecule has 1 fully saturated rings. The van der Waals surface area contributed by atoms with E-state index in [9.17, 15) is 9.59 Å². The molecule has 0 aromatic carbocycles. The van der Waals surface area contributed by atoms with Gasteiger partial charge < -0.3 is 15.3 Å². The number of aliphatic carboxylic acids is 1. The summed E-state index contributed by atoms with van der Waals surface area (Å²) in [5.41, 5.74) is 0. The molecule has 2 atom stereocenters. The Balaban J connectivity index is 2.51. The number of urea groups is 1. The lowest BCUT2D eigenvalue weighted by Crippen LogP contribution is -2.48. The van der Waals surface area contributed by atoms with E-state index < -0.39 is 12.0 Å². The Morgan fingerprint density at radius 2 is 2.00 bits per heavy atom. The molecule has 1 aliphatic rings. The standard InChI is InChI=1S/C14H26N2O3/c1-4-12(13(17)18)15-14(19)16-8-5-6-11(7-9-16)10(2)3/h10-12H,4-9H2,1-3H3,(H,15,19)(H,17,18). The number of hydrogen-bond acceptors (Lipinski definition) is 2. The third kappa shape index (κ3) is 4.73. The largest absolute Gasteiger partial charge is 0.480 e. The van der Waals surface area contributed by atoms with E-state index in [4.69, 9.17) is 5.11 Å². The normalized spacial score (nSPS) is 21.9. The van der Waals surface area contributed by atoms with Crippen LogP contribution in [-0.2, 0) is 4.79 Å². The van der Waals surface area contributed by atoms with Crippen LogP contribution in [0.2, 0.25) is 0 Å². The number of likely N-dealkylation sites (tertiary alicyclic amines) is 1. The second-order valence-electron chi connectivity index (χ2n) is 5.67. The molecule has 2 N–H and O–H groups in total. The van der Waals surface area contributed by atoms with Crippen LogP contribution in [0.3, 0.4) is 0 Å². The summed E-state index contributed by atoms with van der Waals surface area (Å²) in [6, 6.07) is -1.02. The lowest BCUT2D eigenvalue weighted by atomic mass is 9.89. The summed E-state index contributed by atoms with van der Waals surface area (Å²) in [5, 5.41) is 11.6. The van der Waals surface area contributed by atoms with Crippen molar-refractivity contribution in [2.24, 2.45) is 11.8 Å². The van der Waals surface area contributed by atoms with E-state index in [0.29, 0.717) is 18.3 Å². The summed E-state index contributed by atoms with van der Waals surface area (Å²) in [5.74, 6) is 0.343. The molecule has 2 amide bonds. The van der Waals surface area contributed by atoms with Gasteiger partial charge in [-0.25, -0.2) is 9.59 Å². The van der Waals surface area contributed by atoms with Gasteiger partial charge in [-0.3, -0.25) is 0 Å². The van der Waals surface area contributed by atoms with Gasteiger partial charge in [-0.15, -0.1) is 0 Å². The maximum atomic E-state index is 12.1. The van der Waals surface area contributed by atoms with Gasteiger partial charge in [-0.2, -0.15) is 0 Å². The van der Waals surface area contributed by atoms with E-state index in [2.05, 4.69) is 19.2 Å². The highest BCUT2D eigenvalue weighted by atomic mass is 16.4. The van der Waals surface area contributed by atoms with Gasteiger partial charge >= 0.3 is 12.0 Å². The lowest BCUT2D eigenvalue weighted by Gasteiger charge is -2.23. The van der Waals surface area contributed by atoms with E-state index in [1.807, 2.05) is 0 Å². The van der Waals surface area contributed by atoms with Crippen molar-refractivity contribution >= 4 is 12.0 Å². The van der Waals surface area contributed by atoms with Crippen LogP contribution in [0.4, 0.5) is 4.79 Å². The fourth-order valence-electron chi connectivity index (χ4n) is 2.57. The zero-order chi connectivity index (χ0) is 14.4. The molecule has 0 radical (unpaired) electrons. The number of amides is 2. The minimum Gasteiger partial charge on any atom is -0.480 e. The molecule has 0 aromatic rings. The summed E-state index contributed by atoms with van der Waals surface area (Å²) in [7, 11) is 0. The van der Waals surface area contributed by atoms with Gasteiger partial charge in [0.05, 0.1) is 0 Å². The SMILES string of the molecule is CCC(NC(=O)N1CCCC(C(C)C)CC1)C(=O)O. The Kier molecular flexibility index (Phi) is 6.12.